The maximum atomic E-state index is 12.9. The summed E-state index contributed by atoms with van der Waals surface area (Å²) in [5.74, 6) is -0.193. The minimum absolute atomic E-state index is 0.0187. The Morgan fingerprint density at radius 1 is 1.19 bits per heavy atom. The number of hydrogen-bond donors (Lipinski definition) is 1. The number of hydrogen-bond acceptors (Lipinski definition) is 3. The van der Waals surface area contributed by atoms with Gasteiger partial charge >= 0.3 is 0 Å². The molecule has 5 heteroatoms. The van der Waals surface area contributed by atoms with Gasteiger partial charge in [-0.1, -0.05) is 6.07 Å². The zero-order valence-electron chi connectivity index (χ0n) is 11.6. The van der Waals surface area contributed by atoms with Crippen LogP contribution < -0.4 is 10.2 Å². The van der Waals surface area contributed by atoms with Crippen LogP contribution in [0.5, 0.6) is 0 Å². The van der Waals surface area contributed by atoms with Crippen molar-refractivity contribution in [2.75, 3.05) is 18.0 Å². The highest BCUT2D eigenvalue weighted by Crippen LogP contribution is 2.20. The van der Waals surface area contributed by atoms with Crippen LogP contribution in [0.2, 0.25) is 0 Å². The summed E-state index contributed by atoms with van der Waals surface area (Å²) in [7, 11) is 0. The molecular formula is C16H17FN2OS. The van der Waals surface area contributed by atoms with Crippen LogP contribution in [0.15, 0.2) is 41.8 Å². The van der Waals surface area contributed by atoms with Crippen molar-refractivity contribution < 1.29 is 9.18 Å². The van der Waals surface area contributed by atoms with Gasteiger partial charge in [-0.25, -0.2) is 4.39 Å². The van der Waals surface area contributed by atoms with Crippen LogP contribution in [-0.2, 0) is 0 Å². The van der Waals surface area contributed by atoms with Crippen molar-refractivity contribution in [2.24, 2.45) is 0 Å². The van der Waals surface area contributed by atoms with Gasteiger partial charge in [0.1, 0.15) is 5.82 Å². The Kier molecular flexibility index (Phi) is 4.20. The smallest absolute Gasteiger partial charge is 0.261 e. The van der Waals surface area contributed by atoms with Crippen molar-refractivity contribution in [3.8, 4) is 0 Å². The van der Waals surface area contributed by atoms with E-state index in [1.54, 1.807) is 12.1 Å². The summed E-state index contributed by atoms with van der Waals surface area (Å²) in [6, 6.07) is 10.5. The van der Waals surface area contributed by atoms with Gasteiger partial charge in [-0.05, 0) is 48.6 Å². The normalized spacial score (nSPS) is 16.0. The zero-order chi connectivity index (χ0) is 14.7. The van der Waals surface area contributed by atoms with Crippen LogP contribution in [0.4, 0.5) is 10.1 Å². The van der Waals surface area contributed by atoms with E-state index < -0.39 is 0 Å². The zero-order valence-corrected chi connectivity index (χ0v) is 12.4. The average Bonchev–Trinajstić information content (AvgIpc) is 3.03. The molecule has 0 saturated carbocycles. The SMILES string of the molecule is O=C(NC1CCN(c2ccc(F)cc2)CC1)c1cccs1. The van der Waals surface area contributed by atoms with E-state index in [1.165, 1.54) is 23.5 Å². The number of anilines is 1. The number of thiophene rings is 1. The number of amides is 1. The van der Waals surface area contributed by atoms with Crippen molar-refractivity contribution in [1.29, 1.82) is 0 Å². The molecule has 1 aliphatic rings. The molecule has 1 aliphatic heterocycles. The number of carbonyl (C=O) groups is 1. The van der Waals surface area contributed by atoms with Crippen molar-refractivity contribution in [2.45, 2.75) is 18.9 Å². The highest BCUT2D eigenvalue weighted by molar-refractivity contribution is 7.12. The van der Waals surface area contributed by atoms with Crippen LogP contribution in [-0.4, -0.2) is 25.0 Å². The molecule has 1 fully saturated rings. The second kappa shape index (κ2) is 6.26. The number of nitrogens with zero attached hydrogens (tertiary/aromatic N) is 1. The molecule has 1 N–H and O–H groups in total. The maximum absolute atomic E-state index is 12.9. The van der Waals surface area contributed by atoms with E-state index in [4.69, 9.17) is 0 Å². The van der Waals surface area contributed by atoms with Gasteiger partial charge in [0.15, 0.2) is 0 Å². The topological polar surface area (TPSA) is 32.3 Å². The van der Waals surface area contributed by atoms with Crippen LogP contribution >= 0.6 is 11.3 Å². The molecule has 21 heavy (non-hydrogen) atoms. The summed E-state index contributed by atoms with van der Waals surface area (Å²) < 4.78 is 12.9. The Morgan fingerprint density at radius 2 is 1.90 bits per heavy atom. The van der Waals surface area contributed by atoms with Gasteiger partial charge in [-0.15, -0.1) is 11.3 Å². The van der Waals surface area contributed by atoms with Gasteiger partial charge in [-0.3, -0.25) is 4.79 Å². The molecule has 2 aromatic rings. The summed E-state index contributed by atoms with van der Waals surface area (Å²) in [5.41, 5.74) is 1.04. The predicted octanol–water partition coefficient (Wildman–Crippen LogP) is 3.29. The average molecular weight is 304 g/mol. The molecule has 0 radical (unpaired) electrons. The Bertz CT molecular complexity index is 589. The predicted molar refractivity (Wildman–Crippen MR) is 83.4 cm³/mol. The van der Waals surface area contributed by atoms with E-state index >= 15 is 0 Å². The molecular weight excluding hydrogens is 287 g/mol. The Labute approximate surface area is 127 Å². The first-order chi connectivity index (χ1) is 10.2. The van der Waals surface area contributed by atoms with Crippen molar-refractivity contribution in [3.05, 3.63) is 52.5 Å². The van der Waals surface area contributed by atoms with Crippen LogP contribution in [0.3, 0.4) is 0 Å². The summed E-state index contributed by atoms with van der Waals surface area (Å²) in [6.45, 7) is 1.75. The lowest BCUT2D eigenvalue weighted by atomic mass is 10.0. The minimum atomic E-state index is -0.211. The van der Waals surface area contributed by atoms with Gasteiger partial charge in [0.25, 0.3) is 5.91 Å². The van der Waals surface area contributed by atoms with E-state index in [0.717, 1.165) is 36.5 Å². The quantitative estimate of drug-likeness (QED) is 0.944. The number of nitrogens with one attached hydrogen (secondary N) is 1. The van der Waals surface area contributed by atoms with Gasteiger partial charge in [0, 0.05) is 24.8 Å². The van der Waals surface area contributed by atoms with E-state index in [1.807, 2.05) is 17.5 Å². The minimum Gasteiger partial charge on any atom is -0.371 e. The monoisotopic (exact) mass is 304 g/mol. The van der Waals surface area contributed by atoms with Crippen molar-refractivity contribution in [1.82, 2.24) is 5.32 Å². The highest BCUT2D eigenvalue weighted by atomic mass is 32.1. The second-order valence-electron chi connectivity index (χ2n) is 5.19. The van der Waals surface area contributed by atoms with Crippen LogP contribution in [0.1, 0.15) is 22.5 Å². The summed E-state index contributed by atoms with van der Waals surface area (Å²) in [6.07, 6.45) is 1.82. The molecule has 1 aromatic carbocycles. The summed E-state index contributed by atoms with van der Waals surface area (Å²) >= 11 is 1.46. The Balaban J connectivity index is 1.53. The third-order valence-electron chi connectivity index (χ3n) is 3.77. The number of rotatable bonds is 3. The first kappa shape index (κ1) is 14.1. The van der Waals surface area contributed by atoms with E-state index in [2.05, 4.69) is 10.2 Å². The fourth-order valence-electron chi connectivity index (χ4n) is 2.60. The molecule has 1 saturated heterocycles. The highest BCUT2D eigenvalue weighted by Gasteiger charge is 2.21. The Hall–Kier alpha value is -1.88. The molecule has 3 rings (SSSR count). The Morgan fingerprint density at radius 3 is 2.52 bits per heavy atom. The lowest BCUT2D eigenvalue weighted by Crippen LogP contribution is -2.44. The molecule has 1 amide bonds. The van der Waals surface area contributed by atoms with Gasteiger partial charge in [0.2, 0.25) is 0 Å². The number of halogens is 1. The molecule has 0 spiro atoms. The molecule has 0 unspecified atom stereocenters. The van der Waals surface area contributed by atoms with Gasteiger partial charge in [-0.2, -0.15) is 0 Å². The van der Waals surface area contributed by atoms with E-state index in [9.17, 15) is 9.18 Å². The standard InChI is InChI=1S/C16H17FN2OS/c17-12-3-5-14(6-4-12)19-9-7-13(8-10-19)18-16(20)15-2-1-11-21-15/h1-6,11,13H,7-10H2,(H,18,20). The first-order valence-corrected chi connectivity index (χ1v) is 7.95. The maximum Gasteiger partial charge on any atom is 0.261 e. The third kappa shape index (κ3) is 3.42. The summed E-state index contributed by atoms with van der Waals surface area (Å²) in [5, 5.41) is 5.00. The number of piperidine rings is 1. The molecule has 1 aromatic heterocycles. The molecule has 3 nitrogen and oxygen atoms in total. The molecule has 110 valence electrons. The van der Waals surface area contributed by atoms with Crippen molar-refractivity contribution >= 4 is 22.9 Å². The van der Waals surface area contributed by atoms with Crippen LogP contribution in [0, 0.1) is 5.82 Å². The van der Waals surface area contributed by atoms with Gasteiger partial charge in [0.05, 0.1) is 4.88 Å². The van der Waals surface area contributed by atoms with Crippen molar-refractivity contribution in [3.63, 3.8) is 0 Å². The third-order valence-corrected chi connectivity index (χ3v) is 4.64. The lowest BCUT2D eigenvalue weighted by molar-refractivity contribution is 0.0935. The number of carbonyl (C=O) groups excluding carboxylic acids is 1. The molecule has 0 aliphatic carbocycles. The van der Waals surface area contributed by atoms with E-state index in [0.29, 0.717) is 0 Å². The van der Waals surface area contributed by atoms with Gasteiger partial charge < -0.3 is 10.2 Å². The first-order valence-electron chi connectivity index (χ1n) is 7.07. The number of benzene rings is 1. The lowest BCUT2D eigenvalue weighted by Gasteiger charge is -2.33. The second-order valence-corrected chi connectivity index (χ2v) is 6.14. The largest absolute Gasteiger partial charge is 0.371 e. The fraction of sp³-hybridized carbons (Fsp3) is 0.312. The van der Waals surface area contributed by atoms with E-state index in [-0.39, 0.29) is 17.8 Å². The molecule has 0 atom stereocenters. The van der Waals surface area contributed by atoms with Crippen LogP contribution in [0.25, 0.3) is 0 Å². The summed E-state index contributed by atoms with van der Waals surface area (Å²) in [4.78, 5) is 15.0. The fourth-order valence-corrected chi connectivity index (χ4v) is 3.23. The molecule has 2 heterocycles. The molecule has 0 bridgehead atoms.